The molecule has 3 aromatic rings. The third-order valence-electron chi connectivity index (χ3n) is 6.13. The molecular weight excluding hydrogens is 468 g/mol. The van der Waals surface area contributed by atoms with Gasteiger partial charge in [-0.15, -0.1) is 0 Å². The summed E-state index contributed by atoms with van der Waals surface area (Å²) in [6.45, 7) is 4.88. The van der Waals surface area contributed by atoms with Crippen LogP contribution in [0.25, 0.3) is 10.9 Å². The number of nitrogens with one attached hydrogen (secondary N) is 2. The molecule has 0 aliphatic carbocycles. The van der Waals surface area contributed by atoms with Crippen molar-refractivity contribution in [1.82, 2.24) is 14.2 Å². The molecule has 1 aromatic heterocycles. The number of hydrogen-bond donors (Lipinski definition) is 2. The Labute approximate surface area is 205 Å². The Kier molecular flexibility index (Phi) is 7.25. The van der Waals surface area contributed by atoms with Gasteiger partial charge in [0.1, 0.15) is 6.04 Å². The first-order valence-corrected chi connectivity index (χ1v) is 13.0. The van der Waals surface area contributed by atoms with Crippen molar-refractivity contribution in [3.63, 3.8) is 0 Å². The van der Waals surface area contributed by atoms with Gasteiger partial charge in [0.15, 0.2) is 0 Å². The first-order valence-electron chi connectivity index (χ1n) is 11.5. The number of morpholine rings is 1. The highest BCUT2D eigenvalue weighted by Crippen LogP contribution is 2.24. The molecule has 2 amide bonds. The monoisotopic (exact) mass is 498 g/mol. The first-order chi connectivity index (χ1) is 16.7. The second-order valence-electron chi connectivity index (χ2n) is 8.89. The minimum atomic E-state index is -3.75. The zero-order chi connectivity index (χ0) is 25.2. The number of aryl methyl sites for hydroxylation is 1. The molecule has 1 saturated heterocycles. The predicted molar refractivity (Wildman–Crippen MR) is 134 cm³/mol. The van der Waals surface area contributed by atoms with Crippen molar-refractivity contribution in [2.45, 2.75) is 24.8 Å². The van der Waals surface area contributed by atoms with E-state index in [0.29, 0.717) is 18.9 Å². The SMILES string of the molecule is CC(C)C(NC(=O)c1cccc(S(=O)(=O)N2CCOCC2)c1)C(=O)Nc1cccc2c1ccn2C. The summed E-state index contributed by atoms with van der Waals surface area (Å²) in [5, 5.41) is 6.61. The van der Waals surface area contributed by atoms with Crippen molar-refractivity contribution >= 4 is 38.4 Å². The van der Waals surface area contributed by atoms with E-state index in [9.17, 15) is 18.0 Å². The summed E-state index contributed by atoms with van der Waals surface area (Å²) in [6, 6.07) is 12.6. The van der Waals surface area contributed by atoms with Gasteiger partial charge in [-0.1, -0.05) is 26.0 Å². The van der Waals surface area contributed by atoms with E-state index >= 15 is 0 Å². The summed E-state index contributed by atoms with van der Waals surface area (Å²) in [6.07, 6.45) is 1.92. The summed E-state index contributed by atoms with van der Waals surface area (Å²) in [7, 11) is -1.82. The second-order valence-corrected chi connectivity index (χ2v) is 10.8. The van der Waals surface area contributed by atoms with Gasteiger partial charge in [0.05, 0.1) is 23.8 Å². The Hall–Kier alpha value is -3.21. The molecule has 0 saturated carbocycles. The van der Waals surface area contributed by atoms with Crippen LogP contribution in [-0.2, 0) is 26.6 Å². The van der Waals surface area contributed by atoms with Gasteiger partial charge >= 0.3 is 0 Å². The largest absolute Gasteiger partial charge is 0.379 e. The lowest BCUT2D eigenvalue weighted by atomic mass is 10.0. The molecule has 186 valence electrons. The van der Waals surface area contributed by atoms with E-state index in [2.05, 4.69) is 10.6 Å². The van der Waals surface area contributed by atoms with Crippen LogP contribution in [-0.4, -0.2) is 61.4 Å². The molecular formula is C25H30N4O5S. The minimum absolute atomic E-state index is 0.0355. The molecule has 9 nitrogen and oxygen atoms in total. The molecule has 1 aliphatic rings. The summed E-state index contributed by atoms with van der Waals surface area (Å²) < 4.78 is 34.5. The van der Waals surface area contributed by atoms with Crippen LogP contribution in [0.1, 0.15) is 24.2 Å². The highest BCUT2D eigenvalue weighted by molar-refractivity contribution is 7.89. The zero-order valence-corrected chi connectivity index (χ0v) is 20.8. The molecule has 4 rings (SSSR count). The average Bonchev–Trinajstić information content (AvgIpc) is 3.24. The number of nitrogens with zero attached hydrogens (tertiary/aromatic N) is 2. The van der Waals surface area contributed by atoms with Crippen molar-refractivity contribution in [1.29, 1.82) is 0 Å². The van der Waals surface area contributed by atoms with Gasteiger partial charge in [-0.05, 0) is 42.3 Å². The average molecular weight is 499 g/mol. The van der Waals surface area contributed by atoms with Gasteiger partial charge in [0.2, 0.25) is 15.9 Å². The van der Waals surface area contributed by atoms with Gasteiger partial charge in [0.25, 0.3) is 5.91 Å². The molecule has 1 fully saturated rings. The maximum atomic E-state index is 13.2. The van der Waals surface area contributed by atoms with Crippen molar-refractivity contribution in [3.8, 4) is 0 Å². The van der Waals surface area contributed by atoms with Crippen LogP contribution in [0.3, 0.4) is 0 Å². The van der Waals surface area contributed by atoms with Crippen LogP contribution in [0.5, 0.6) is 0 Å². The fourth-order valence-electron chi connectivity index (χ4n) is 4.12. The molecule has 1 aliphatic heterocycles. The van der Waals surface area contributed by atoms with E-state index in [1.807, 2.05) is 55.9 Å². The molecule has 2 aromatic carbocycles. The number of hydrogen-bond acceptors (Lipinski definition) is 5. The number of benzene rings is 2. The minimum Gasteiger partial charge on any atom is -0.379 e. The molecule has 0 radical (unpaired) electrons. The molecule has 2 heterocycles. The van der Waals surface area contributed by atoms with Crippen LogP contribution >= 0.6 is 0 Å². The normalized spacial score (nSPS) is 15.8. The van der Waals surface area contributed by atoms with Gasteiger partial charge in [-0.25, -0.2) is 8.42 Å². The number of sulfonamides is 1. The summed E-state index contributed by atoms with van der Waals surface area (Å²) in [5.41, 5.74) is 1.81. The van der Waals surface area contributed by atoms with E-state index in [1.54, 1.807) is 0 Å². The summed E-state index contributed by atoms with van der Waals surface area (Å²) in [5.74, 6) is -1.06. The van der Waals surface area contributed by atoms with Crippen LogP contribution in [0, 0.1) is 5.92 Å². The van der Waals surface area contributed by atoms with Crippen molar-refractivity contribution in [2.75, 3.05) is 31.6 Å². The fourth-order valence-corrected chi connectivity index (χ4v) is 5.57. The van der Waals surface area contributed by atoms with Crippen LogP contribution in [0.15, 0.2) is 59.6 Å². The number of aromatic nitrogens is 1. The topological polar surface area (TPSA) is 110 Å². The van der Waals surface area contributed by atoms with Crippen LogP contribution in [0.4, 0.5) is 5.69 Å². The van der Waals surface area contributed by atoms with E-state index in [0.717, 1.165) is 10.9 Å². The van der Waals surface area contributed by atoms with Crippen LogP contribution in [0.2, 0.25) is 0 Å². The summed E-state index contributed by atoms with van der Waals surface area (Å²) >= 11 is 0. The first kappa shape index (κ1) is 24.9. The maximum Gasteiger partial charge on any atom is 0.251 e. The highest BCUT2D eigenvalue weighted by Gasteiger charge is 2.28. The van der Waals surface area contributed by atoms with Gasteiger partial charge in [0, 0.05) is 42.8 Å². The van der Waals surface area contributed by atoms with Gasteiger partial charge in [-0.3, -0.25) is 9.59 Å². The smallest absolute Gasteiger partial charge is 0.251 e. The Morgan fingerprint density at radius 3 is 2.46 bits per heavy atom. The molecule has 2 N–H and O–H groups in total. The Morgan fingerprint density at radius 1 is 1.03 bits per heavy atom. The second kappa shape index (κ2) is 10.2. The fraction of sp³-hybridized carbons (Fsp3) is 0.360. The Balaban J connectivity index is 1.52. The third-order valence-corrected chi connectivity index (χ3v) is 8.02. The van der Waals surface area contributed by atoms with Gasteiger partial charge < -0.3 is 19.9 Å². The Morgan fingerprint density at radius 2 is 1.74 bits per heavy atom. The van der Waals surface area contributed by atoms with Crippen molar-refractivity contribution in [2.24, 2.45) is 13.0 Å². The molecule has 1 unspecified atom stereocenters. The van der Waals surface area contributed by atoms with E-state index in [4.69, 9.17) is 4.74 Å². The summed E-state index contributed by atoms with van der Waals surface area (Å²) in [4.78, 5) is 26.3. The highest BCUT2D eigenvalue weighted by atomic mass is 32.2. The number of rotatable bonds is 7. The van der Waals surface area contributed by atoms with Crippen LogP contribution < -0.4 is 10.6 Å². The molecule has 0 bridgehead atoms. The van der Waals surface area contributed by atoms with Gasteiger partial charge in [-0.2, -0.15) is 4.31 Å². The molecule has 10 heteroatoms. The lowest BCUT2D eigenvalue weighted by Gasteiger charge is -2.26. The predicted octanol–water partition coefficient (Wildman–Crippen LogP) is 2.59. The number of amides is 2. The number of carbonyl (C=O) groups excluding carboxylic acids is 2. The quantitative estimate of drug-likeness (QED) is 0.520. The zero-order valence-electron chi connectivity index (χ0n) is 20.0. The lowest BCUT2D eigenvalue weighted by molar-refractivity contribution is -0.118. The Bertz CT molecular complexity index is 1340. The molecule has 1 atom stereocenters. The number of fused-ring (bicyclic) bond motifs is 1. The standard InChI is InChI=1S/C25H30N4O5S/c1-17(2)23(25(31)26-21-8-5-9-22-20(21)10-11-28(22)3)27-24(30)18-6-4-7-19(16-18)35(32,33)29-12-14-34-15-13-29/h4-11,16-17,23H,12-15H2,1-3H3,(H,26,31)(H,27,30). The van der Waals surface area contributed by atoms with E-state index < -0.39 is 22.0 Å². The lowest BCUT2D eigenvalue weighted by Crippen LogP contribution is -2.47. The van der Waals surface area contributed by atoms with E-state index in [-0.39, 0.29) is 35.4 Å². The number of anilines is 1. The molecule has 0 spiro atoms. The molecule has 35 heavy (non-hydrogen) atoms. The number of ether oxygens (including phenoxy) is 1. The maximum absolute atomic E-state index is 13.2. The third kappa shape index (κ3) is 5.24. The van der Waals surface area contributed by atoms with E-state index in [1.165, 1.54) is 28.6 Å². The number of carbonyl (C=O) groups is 2. The van der Waals surface area contributed by atoms with Crippen molar-refractivity contribution in [3.05, 3.63) is 60.3 Å². The van der Waals surface area contributed by atoms with Crippen molar-refractivity contribution < 1.29 is 22.7 Å².